The number of nitro benzene ring substituents is 1. The number of carbonyl (C=O) groups excluding carboxylic acids is 1. The van der Waals surface area contributed by atoms with Gasteiger partial charge in [0.2, 0.25) is 6.79 Å². The minimum atomic E-state index is -0.513. The molecule has 6 heteroatoms. The Kier molecular flexibility index (Phi) is 3.01. The Labute approximate surface area is 103 Å². The van der Waals surface area contributed by atoms with Crippen molar-refractivity contribution in [3.05, 3.63) is 33.4 Å². The van der Waals surface area contributed by atoms with Crippen molar-refractivity contribution >= 4 is 17.5 Å². The molecule has 1 heterocycles. The highest BCUT2D eigenvalue weighted by Crippen LogP contribution is 2.38. The Morgan fingerprint density at radius 3 is 2.50 bits per heavy atom. The number of nitrogens with zero attached hydrogens (tertiary/aromatic N) is 1. The molecule has 0 amide bonds. The van der Waals surface area contributed by atoms with E-state index in [0.717, 1.165) is 0 Å². The van der Waals surface area contributed by atoms with Crippen LogP contribution >= 0.6 is 0 Å². The molecule has 6 nitrogen and oxygen atoms in total. The van der Waals surface area contributed by atoms with Gasteiger partial charge in [0.1, 0.15) is 0 Å². The lowest BCUT2D eigenvalue weighted by Gasteiger charge is -2.02. The van der Waals surface area contributed by atoms with Crippen molar-refractivity contribution in [3.8, 4) is 11.5 Å². The van der Waals surface area contributed by atoms with Crippen molar-refractivity contribution in [2.75, 3.05) is 6.79 Å². The monoisotopic (exact) mass is 249 g/mol. The van der Waals surface area contributed by atoms with E-state index in [0.29, 0.717) is 22.6 Å². The third-order valence-corrected chi connectivity index (χ3v) is 2.65. The molecule has 0 saturated heterocycles. The number of ether oxygens (including phenoxy) is 2. The van der Waals surface area contributed by atoms with Crippen LogP contribution in [0.15, 0.2) is 17.7 Å². The summed E-state index contributed by atoms with van der Waals surface area (Å²) < 4.78 is 10.2. The Morgan fingerprint density at radius 2 is 1.94 bits per heavy atom. The van der Waals surface area contributed by atoms with Gasteiger partial charge >= 0.3 is 0 Å². The SMILES string of the molecule is CC(=O)/C(C)=C/c1cc2c(cc1[N+](=O)[O-])OCO2. The lowest BCUT2D eigenvalue weighted by molar-refractivity contribution is -0.385. The van der Waals surface area contributed by atoms with E-state index in [4.69, 9.17) is 9.47 Å². The van der Waals surface area contributed by atoms with Gasteiger partial charge in [-0.1, -0.05) is 0 Å². The number of ketones is 1. The van der Waals surface area contributed by atoms with Crippen LogP contribution in [0, 0.1) is 10.1 Å². The molecule has 2 rings (SSSR count). The highest BCUT2D eigenvalue weighted by Gasteiger charge is 2.22. The number of carbonyl (C=O) groups is 1. The Morgan fingerprint density at radius 1 is 1.33 bits per heavy atom. The largest absolute Gasteiger partial charge is 0.454 e. The number of fused-ring (bicyclic) bond motifs is 1. The fourth-order valence-corrected chi connectivity index (χ4v) is 1.56. The number of hydrogen-bond donors (Lipinski definition) is 0. The Hall–Kier alpha value is -2.37. The van der Waals surface area contributed by atoms with Gasteiger partial charge in [-0.15, -0.1) is 0 Å². The maximum absolute atomic E-state index is 11.2. The fourth-order valence-electron chi connectivity index (χ4n) is 1.56. The predicted octanol–water partition coefficient (Wildman–Crippen LogP) is 2.32. The van der Waals surface area contributed by atoms with Gasteiger partial charge in [0.15, 0.2) is 17.3 Å². The lowest BCUT2D eigenvalue weighted by Crippen LogP contribution is -1.95. The van der Waals surface area contributed by atoms with Crippen LogP contribution in [-0.2, 0) is 4.79 Å². The molecular formula is C12H11NO5. The third kappa shape index (κ3) is 2.17. The molecule has 0 saturated carbocycles. The molecule has 0 aliphatic carbocycles. The molecule has 94 valence electrons. The summed E-state index contributed by atoms with van der Waals surface area (Å²) >= 11 is 0. The van der Waals surface area contributed by atoms with E-state index in [1.807, 2.05) is 0 Å². The molecule has 1 aliphatic heterocycles. The molecule has 0 bridgehead atoms. The van der Waals surface area contributed by atoms with Crippen molar-refractivity contribution in [2.45, 2.75) is 13.8 Å². The predicted molar refractivity (Wildman–Crippen MR) is 63.6 cm³/mol. The summed E-state index contributed by atoms with van der Waals surface area (Å²) in [4.78, 5) is 21.6. The number of rotatable bonds is 3. The summed E-state index contributed by atoms with van der Waals surface area (Å²) in [5.74, 6) is 0.657. The van der Waals surface area contributed by atoms with Crippen LogP contribution in [0.5, 0.6) is 11.5 Å². The molecule has 0 aromatic heterocycles. The van der Waals surface area contributed by atoms with E-state index in [1.54, 1.807) is 6.92 Å². The standard InChI is InChI=1S/C12H11NO5/c1-7(8(2)14)3-9-4-11-12(18-6-17-11)5-10(9)13(15)16/h3-5H,6H2,1-2H3/b7-3+. The molecule has 0 N–H and O–H groups in total. The smallest absolute Gasteiger partial charge is 0.280 e. The van der Waals surface area contributed by atoms with E-state index in [2.05, 4.69) is 0 Å². The number of allylic oxidation sites excluding steroid dienone is 1. The number of benzene rings is 1. The van der Waals surface area contributed by atoms with Crippen molar-refractivity contribution in [2.24, 2.45) is 0 Å². The van der Waals surface area contributed by atoms with Gasteiger partial charge in [0, 0.05) is 0 Å². The summed E-state index contributed by atoms with van der Waals surface area (Å²) in [7, 11) is 0. The van der Waals surface area contributed by atoms with Crippen molar-refractivity contribution < 1.29 is 19.2 Å². The number of Topliss-reactive ketones (excluding diaryl/α,β-unsaturated/α-hetero) is 1. The van der Waals surface area contributed by atoms with Gasteiger partial charge in [-0.05, 0) is 31.6 Å². The summed E-state index contributed by atoms with van der Waals surface area (Å²) in [5.41, 5.74) is 0.661. The highest BCUT2D eigenvalue weighted by atomic mass is 16.7. The van der Waals surface area contributed by atoms with E-state index in [9.17, 15) is 14.9 Å². The van der Waals surface area contributed by atoms with Crippen molar-refractivity contribution in [3.63, 3.8) is 0 Å². The van der Waals surface area contributed by atoms with Gasteiger partial charge in [0.05, 0.1) is 16.6 Å². The molecule has 0 atom stereocenters. The topological polar surface area (TPSA) is 78.7 Å². The fraction of sp³-hybridized carbons (Fsp3) is 0.250. The van der Waals surface area contributed by atoms with Crippen LogP contribution in [0.1, 0.15) is 19.4 Å². The van der Waals surface area contributed by atoms with E-state index in [-0.39, 0.29) is 18.3 Å². The minimum Gasteiger partial charge on any atom is -0.454 e. The Bertz CT molecular complexity index is 562. The number of hydrogen-bond acceptors (Lipinski definition) is 5. The lowest BCUT2D eigenvalue weighted by atomic mass is 10.1. The first-order chi connectivity index (χ1) is 8.49. The van der Waals surface area contributed by atoms with Crippen LogP contribution in [0.3, 0.4) is 0 Å². The maximum atomic E-state index is 11.2. The first-order valence-electron chi connectivity index (χ1n) is 5.26. The zero-order chi connectivity index (χ0) is 13.3. The quantitative estimate of drug-likeness (QED) is 0.466. The molecule has 1 aromatic carbocycles. The van der Waals surface area contributed by atoms with Gasteiger partial charge in [-0.3, -0.25) is 14.9 Å². The summed E-state index contributed by atoms with van der Waals surface area (Å²) in [6, 6.07) is 2.81. The van der Waals surface area contributed by atoms with Gasteiger partial charge < -0.3 is 9.47 Å². The first-order valence-corrected chi connectivity index (χ1v) is 5.26. The van der Waals surface area contributed by atoms with Crippen LogP contribution in [0.2, 0.25) is 0 Å². The van der Waals surface area contributed by atoms with Crippen molar-refractivity contribution in [1.29, 1.82) is 0 Å². The second-order valence-corrected chi connectivity index (χ2v) is 3.90. The normalized spacial score (nSPS) is 13.6. The summed E-state index contributed by atoms with van der Waals surface area (Å²) in [6.45, 7) is 3.06. The highest BCUT2D eigenvalue weighted by molar-refractivity contribution is 5.97. The third-order valence-electron chi connectivity index (χ3n) is 2.65. The molecule has 1 aromatic rings. The molecule has 1 aliphatic rings. The van der Waals surface area contributed by atoms with Gasteiger partial charge in [-0.2, -0.15) is 0 Å². The molecule has 18 heavy (non-hydrogen) atoms. The Balaban J connectivity index is 2.55. The number of nitro groups is 1. The van der Waals surface area contributed by atoms with Crippen molar-refractivity contribution in [1.82, 2.24) is 0 Å². The van der Waals surface area contributed by atoms with Crippen LogP contribution in [0.25, 0.3) is 6.08 Å². The molecule has 0 fully saturated rings. The van der Waals surface area contributed by atoms with Crippen LogP contribution in [0.4, 0.5) is 5.69 Å². The molecule has 0 spiro atoms. The van der Waals surface area contributed by atoms with Gasteiger partial charge in [0.25, 0.3) is 5.69 Å². The molecule has 0 unspecified atom stereocenters. The van der Waals surface area contributed by atoms with E-state index >= 15 is 0 Å². The van der Waals surface area contributed by atoms with E-state index in [1.165, 1.54) is 25.1 Å². The summed E-state index contributed by atoms with van der Waals surface area (Å²) in [5, 5.41) is 11.0. The molecule has 0 radical (unpaired) electrons. The van der Waals surface area contributed by atoms with Crippen LogP contribution in [-0.4, -0.2) is 17.5 Å². The zero-order valence-corrected chi connectivity index (χ0v) is 9.93. The van der Waals surface area contributed by atoms with Crippen LogP contribution < -0.4 is 9.47 Å². The summed E-state index contributed by atoms with van der Waals surface area (Å²) in [6.07, 6.45) is 1.47. The average molecular weight is 249 g/mol. The second kappa shape index (κ2) is 4.48. The molecular weight excluding hydrogens is 238 g/mol. The van der Waals surface area contributed by atoms with Gasteiger partial charge in [-0.25, -0.2) is 0 Å². The zero-order valence-electron chi connectivity index (χ0n) is 9.93. The first kappa shape index (κ1) is 12.1. The average Bonchev–Trinajstić information content (AvgIpc) is 2.74. The second-order valence-electron chi connectivity index (χ2n) is 3.90. The van der Waals surface area contributed by atoms with E-state index < -0.39 is 4.92 Å². The maximum Gasteiger partial charge on any atom is 0.280 e. The minimum absolute atomic E-state index is 0.0470.